The Labute approximate surface area is 174 Å². The molecule has 2 aliphatic heterocycles. The first-order chi connectivity index (χ1) is 14.1. The van der Waals surface area contributed by atoms with Gasteiger partial charge in [0.2, 0.25) is 0 Å². The summed E-state index contributed by atoms with van der Waals surface area (Å²) in [6, 6.07) is 12.0. The normalized spacial score (nSPS) is 17.5. The van der Waals surface area contributed by atoms with Gasteiger partial charge in [-0.05, 0) is 48.9 Å². The topological polar surface area (TPSA) is 68.7 Å². The van der Waals surface area contributed by atoms with Crippen LogP contribution in [-0.2, 0) is 12.0 Å². The number of likely N-dealkylation sites (tertiary alicyclic amines) is 1. The van der Waals surface area contributed by atoms with Gasteiger partial charge in [0.15, 0.2) is 0 Å². The third-order valence-electron chi connectivity index (χ3n) is 6.37. The number of carbonyl (C=O) groups excluding carboxylic acids is 1. The van der Waals surface area contributed by atoms with E-state index >= 15 is 0 Å². The Bertz CT molecular complexity index is 1080. The third kappa shape index (κ3) is 3.02. The smallest absolute Gasteiger partial charge is 0.253 e. The Kier molecular flexibility index (Phi) is 4.56. The van der Waals surface area contributed by atoms with Gasteiger partial charge >= 0.3 is 0 Å². The number of amides is 1. The van der Waals surface area contributed by atoms with E-state index in [4.69, 9.17) is 14.9 Å². The average molecular weight is 409 g/mol. The number of rotatable bonds is 3. The van der Waals surface area contributed by atoms with Gasteiger partial charge in [-0.2, -0.15) is 0 Å². The van der Waals surface area contributed by atoms with Crippen LogP contribution in [0.4, 0.5) is 0 Å². The lowest BCUT2D eigenvalue weighted by Crippen LogP contribution is -2.46. The lowest BCUT2D eigenvalue weighted by Gasteiger charge is -2.38. The monoisotopic (exact) mass is 408 g/mol. The van der Waals surface area contributed by atoms with Crippen molar-refractivity contribution in [2.75, 3.05) is 26.0 Å². The van der Waals surface area contributed by atoms with Crippen LogP contribution in [0, 0.1) is 0 Å². The van der Waals surface area contributed by atoms with Crippen molar-refractivity contribution in [3.63, 3.8) is 0 Å². The molecule has 3 aromatic rings. The Morgan fingerprint density at radius 1 is 1.21 bits per heavy atom. The van der Waals surface area contributed by atoms with E-state index < -0.39 is 0 Å². The van der Waals surface area contributed by atoms with Crippen LogP contribution >= 0.6 is 11.8 Å². The minimum atomic E-state index is -0.00216. The van der Waals surface area contributed by atoms with Crippen LogP contribution in [0.5, 0.6) is 5.75 Å². The van der Waals surface area contributed by atoms with Gasteiger partial charge in [-0.1, -0.05) is 12.1 Å². The first kappa shape index (κ1) is 18.6. The average Bonchev–Trinajstić information content (AvgIpc) is 3.34. The van der Waals surface area contributed by atoms with Crippen molar-refractivity contribution in [3.8, 4) is 5.75 Å². The highest BCUT2D eigenvalue weighted by atomic mass is 32.2. The van der Waals surface area contributed by atoms with Crippen molar-refractivity contribution in [1.29, 1.82) is 0 Å². The first-order valence-corrected chi connectivity index (χ1v) is 11.2. The summed E-state index contributed by atoms with van der Waals surface area (Å²) in [7, 11) is 0. The molecule has 0 radical (unpaired) electrons. The second-order valence-corrected chi connectivity index (χ2v) is 8.76. The van der Waals surface area contributed by atoms with Gasteiger partial charge in [0.25, 0.3) is 5.91 Å². The van der Waals surface area contributed by atoms with Crippen LogP contribution in [0.1, 0.15) is 34.3 Å². The van der Waals surface area contributed by atoms with E-state index in [0.29, 0.717) is 13.2 Å². The van der Waals surface area contributed by atoms with Crippen molar-refractivity contribution in [1.82, 2.24) is 4.90 Å². The fraction of sp³-hybridized carbons (Fsp3) is 0.348. The molecule has 0 aliphatic carbocycles. The largest absolute Gasteiger partial charge is 0.492 e. The lowest BCUT2D eigenvalue weighted by molar-refractivity contribution is 0.0646. The van der Waals surface area contributed by atoms with Crippen molar-refractivity contribution < 1.29 is 13.9 Å². The van der Waals surface area contributed by atoms with Crippen LogP contribution < -0.4 is 10.5 Å². The molecule has 2 aromatic carbocycles. The third-order valence-corrected chi connectivity index (χ3v) is 7.12. The number of nitrogens with zero attached hydrogens (tertiary/aromatic N) is 1. The number of hydrogen-bond acceptors (Lipinski definition) is 5. The molecular formula is C23H24N2O3S. The van der Waals surface area contributed by atoms with E-state index in [1.54, 1.807) is 18.0 Å². The predicted molar refractivity (Wildman–Crippen MR) is 115 cm³/mol. The summed E-state index contributed by atoms with van der Waals surface area (Å²) in [5, 5.41) is 1.00. The van der Waals surface area contributed by atoms with Crippen LogP contribution in [0.25, 0.3) is 11.0 Å². The van der Waals surface area contributed by atoms with Gasteiger partial charge in [0.05, 0.1) is 11.5 Å². The predicted octanol–water partition coefficient (Wildman–Crippen LogP) is 4.18. The maximum atomic E-state index is 13.2. The number of nitrogens with two attached hydrogens (primary N) is 1. The second kappa shape index (κ2) is 7.11. The summed E-state index contributed by atoms with van der Waals surface area (Å²) in [6.45, 7) is 2.68. The SMILES string of the molecule is CSc1coc2ccc(C(=O)N3CCC4(CC3)COc3ccc(CN)cc34)cc12. The van der Waals surface area contributed by atoms with Gasteiger partial charge in [-0.3, -0.25) is 4.79 Å². The summed E-state index contributed by atoms with van der Waals surface area (Å²) in [5.41, 5.74) is 9.77. The van der Waals surface area contributed by atoms with Crippen LogP contribution in [0.2, 0.25) is 0 Å². The highest BCUT2D eigenvalue weighted by molar-refractivity contribution is 7.98. The van der Waals surface area contributed by atoms with Gasteiger partial charge < -0.3 is 19.8 Å². The van der Waals surface area contributed by atoms with Crippen molar-refractivity contribution in [2.45, 2.75) is 29.7 Å². The second-order valence-electron chi connectivity index (χ2n) is 7.91. The fourth-order valence-electron chi connectivity index (χ4n) is 4.57. The molecule has 3 heterocycles. The van der Waals surface area contributed by atoms with Gasteiger partial charge in [0, 0.05) is 41.6 Å². The molecule has 1 amide bonds. The molecule has 6 heteroatoms. The molecule has 29 heavy (non-hydrogen) atoms. The summed E-state index contributed by atoms with van der Waals surface area (Å²) >= 11 is 1.63. The molecule has 1 spiro atoms. The summed E-state index contributed by atoms with van der Waals surface area (Å²) in [6.07, 6.45) is 5.58. The van der Waals surface area contributed by atoms with Gasteiger partial charge in [-0.25, -0.2) is 0 Å². The number of thioether (sulfide) groups is 1. The quantitative estimate of drug-likeness (QED) is 0.659. The fourth-order valence-corrected chi connectivity index (χ4v) is 5.09. The Morgan fingerprint density at radius 3 is 2.79 bits per heavy atom. The molecule has 5 nitrogen and oxygen atoms in total. The molecular weight excluding hydrogens is 384 g/mol. The summed E-state index contributed by atoms with van der Waals surface area (Å²) < 4.78 is 11.5. The molecule has 1 aromatic heterocycles. The van der Waals surface area contributed by atoms with E-state index in [2.05, 4.69) is 6.07 Å². The van der Waals surface area contributed by atoms with E-state index in [1.165, 1.54) is 5.56 Å². The Hall–Kier alpha value is -2.44. The summed E-state index contributed by atoms with van der Waals surface area (Å²) in [5.74, 6) is 1.06. The van der Waals surface area contributed by atoms with Crippen molar-refractivity contribution >= 4 is 28.6 Å². The van der Waals surface area contributed by atoms with E-state index in [0.717, 1.165) is 58.7 Å². The van der Waals surface area contributed by atoms with Crippen molar-refractivity contribution in [3.05, 3.63) is 59.4 Å². The summed E-state index contributed by atoms with van der Waals surface area (Å²) in [4.78, 5) is 16.2. The maximum absolute atomic E-state index is 13.2. The maximum Gasteiger partial charge on any atom is 0.253 e. The molecule has 150 valence electrons. The zero-order valence-corrected chi connectivity index (χ0v) is 17.3. The number of fused-ring (bicyclic) bond motifs is 3. The van der Waals surface area contributed by atoms with Crippen LogP contribution in [0.15, 0.2) is 52.0 Å². The van der Waals surface area contributed by atoms with Crippen molar-refractivity contribution in [2.24, 2.45) is 5.73 Å². The number of hydrogen-bond donors (Lipinski definition) is 1. The van der Waals surface area contributed by atoms with Crippen LogP contribution in [-0.4, -0.2) is 36.8 Å². The zero-order chi connectivity index (χ0) is 20.0. The highest BCUT2D eigenvalue weighted by Crippen LogP contribution is 2.46. The number of piperidine rings is 1. The Balaban J connectivity index is 1.36. The first-order valence-electron chi connectivity index (χ1n) is 9.94. The molecule has 5 rings (SSSR count). The number of ether oxygens (including phenoxy) is 1. The minimum absolute atomic E-state index is 0.00216. The van der Waals surface area contributed by atoms with Crippen LogP contribution in [0.3, 0.4) is 0 Å². The molecule has 1 saturated heterocycles. The number of benzene rings is 2. The molecule has 0 atom stereocenters. The lowest BCUT2D eigenvalue weighted by atomic mass is 9.74. The number of furan rings is 1. The van der Waals surface area contributed by atoms with Gasteiger partial charge in [-0.15, -0.1) is 11.8 Å². The van der Waals surface area contributed by atoms with E-state index in [1.807, 2.05) is 41.5 Å². The molecule has 2 N–H and O–H groups in total. The Morgan fingerprint density at radius 2 is 2.03 bits per heavy atom. The molecule has 0 unspecified atom stereocenters. The standard InChI is InChI=1S/C23H24N2O3S/c1-29-21-13-27-19-5-3-16(11-17(19)21)22(26)25-8-6-23(7-9-25)14-28-20-4-2-15(12-24)10-18(20)23/h2-5,10-11,13H,6-9,12,14,24H2,1H3. The number of carbonyl (C=O) groups is 1. The highest BCUT2D eigenvalue weighted by Gasteiger charge is 2.44. The van der Waals surface area contributed by atoms with Gasteiger partial charge in [0.1, 0.15) is 17.6 Å². The molecule has 1 fully saturated rings. The molecule has 0 bridgehead atoms. The zero-order valence-electron chi connectivity index (χ0n) is 16.4. The minimum Gasteiger partial charge on any atom is -0.492 e. The van der Waals surface area contributed by atoms with E-state index in [-0.39, 0.29) is 11.3 Å². The molecule has 2 aliphatic rings. The van der Waals surface area contributed by atoms with E-state index in [9.17, 15) is 4.79 Å². The molecule has 0 saturated carbocycles.